The normalized spacial score (nSPS) is 18.7. The van der Waals surface area contributed by atoms with Crippen molar-refractivity contribution in [3.05, 3.63) is 65.4 Å². The predicted octanol–water partition coefficient (Wildman–Crippen LogP) is 3.52. The maximum absolute atomic E-state index is 13.4. The first-order chi connectivity index (χ1) is 14.4. The van der Waals surface area contributed by atoms with Crippen LogP contribution in [0.4, 0.5) is 4.79 Å². The molecule has 1 unspecified atom stereocenters. The Balaban J connectivity index is 1.64. The van der Waals surface area contributed by atoms with Crippen LogP contribution < -0.4 is 10.1 Å². The van der Waals surface area contributed by atoms with Crippen LogP contribution in [0.1, 0.15) is 34.8 Å². The molecule has 2 N–H and O–H groups in total. The highest BCUT2D eigenvalue weighted by Gasteiger charge is 2.51. The summed E-state index contributed by atoms with van der Waals surface area (Å²) in [5.74, 6) is -0.0188. The Bertz CT molecular complexity index is 1170. The highest BCUT2D eigenvalue weighted by molar-refractivity contribution is 6.14. The first kappa shape index (κ1) is 19.7. The molecule has 1 fully saturated rings. The number of hydrogen-bond donors (Lipinski definition) is 2. The number of rotatable bonds is 6. The number of urea groups is 1. The molecule has 4 rings (SSSR count). The summed E-state index contributed by atoms with van der Waals surface area (Å²) >= 11 is 0. The number of aryl methyl sites for hydroxylation is 1. The van der Waals surface area contributed by atoms with Crippen LogP contribution in [0.25, 0.3) is 10.9 Å². The van der Waals surface area contributed by atoms with Crippen LogP contribution in [0.2, 0.25) is 0 Å². The number of imide groups is 1. The summed E-state index contributed by atoms with van der Waals surface area (Å²) in [4.78, 5) is 43.1. The van der Waals surface area contributed by atoms with Crippen LogP contribution >= 0.6 is 0 Å². The smallest absolute Gasteiger partial charge is 0.325 e. The molecule has 7 nitrogen and oxygen atoms in total. The quantitative estimate of drug-likeness (QED) is 0.485. The minimum absolute atomic E-state index is 0.297. The second-order valence-electron chi connectivity index (χ2n) is 7.44. The number of aromatic nitrogens is 1. The summed E-state index contributed by atoms with van der Waals surface area (Å²) in [5, 5.41) is 3.59. The molecule has 0 bridgehead atoms. The second kappa shape index (κ2) is 7.33. The van der Waals surface area contributed by atoms with Crippen molar-refractivity contribution in [3.8, 4) is 5.75 Å². The summed E-state index contributed by atoms with van der Waals surface area (Å²) in [5.41, 5.74) is 1.62. The number of hydrogen-bond acceptors (Lipinski definition) is 4. The summed E-state index contributed by atoms with van der Waals surface area (Å²) in [6, 6.07) is 12.2. The summed E-state index contributed by atoms with van der Waals surface area (Å²) in [6.07, 6.45) is 1.98. The SMILES string of the molecule is CCC1(c2ccc(OC)c(C)c2)NC(=O)N(CC(=O)c2c[nH]c3ccccc23)C1=O. The van der Waals surface area contributed by atoms with E-state index in [1.807, 2.05) is 44.2 Å². The molecule has 0 radical (unpaired) electrons. The third kappa shape index (κ3) is 2.94. The zero-order chi connectivity index (χ0) is 21.5. The van der Waals surface area contributed by atoms with Crippen molar-refractivity contribution in [1.82, 2.24) is 15.2 Å². The Kier molecular flexibility index (Phi) is 4.81. The molecule has 1 saturated heterocycles. The third-order valence-corrected chi connectivity index (χ3v) is 5.79. The summed E-state index contributed by atoms with van der Waals surface area (Å²) in [7, 11) is 1.58. The van der Waals surface area contributed by atoms with Crippen molar-refractivity contribution in [2.75, 3.05) is 13.7 Å². The Hall–Kier alpha value is -3.61. The molecule has 7 heteroatoms. The van der Waals surface area contributed by atoms with E-state index in [9.17, 15) is 14.4 Å². The zero-order valence-corrected chi connectivity index (χ0v) is 17.1. The van der Waals surface area contributed by atoms with Gasteiger partial charge in [-0.2, -0.15) is 0 Å². The molecule has 2 aromatic carbocycles. The number of aromatic amines is 1. The van der Waals surface area contributed by atoms with Crippen LogP contribution in [0, 0.1) is 6.92 Å². The highest BCUT2D eigenvalue weighted by Crippen LogP contribution is 2.35. The second-order valence-corrected chi connectivity index (χ2v) is 7.44. The van der Waals surface area contributed by atoms with Crippen LogP contribution in [0.5, 0.6) is 5.75 Å². The number of H-pyrrole nitrogens is 1. The largest absolute Gasteiger partial charge is 0.496 e. The maximum Gasteiger partial charge on any atom is 0.325 e. The molecule has 1 aliphatic heterocycles. The lowest BCUT2D eigenvalue weighted by molar-refractivity contribution is -0.131. The average Bonchev–Trinajstić information content (AvgIpc) is 3.28. The molecule has 30 heavy (non-hydrogen) atoms. The van der Waals surface area contributed by atoms with Crippen LogP contribution in [0.3, 0.4) is 0 Å². The number of fused-ring (bicyclic) bond motifs is 1. The lowest BCUT2D eigenvalue weighted by Crippen LogP contribution is -2.44. The zero-order valence-electron chi connectivity index (χ0n) is 17.1. The van der Waals surface area contributed by atoms with Crippen LogP contribution in [0.15, 0.2) is 48.7 Å². The fourth-order valence-corrected chi connectivity index (χ4v) is 4.08. The summed E-state index contributed by atoms with van der Waals surface area (Å²) < 4.78 is 5.30. The number of amides is 3. The van der Waals surface area contributed by atoms with Crippen molar-refractivity contribution >= 4 is 28.6 Å². The van der Waals surface area contributed by atoms with E-state index in [2.05, 4.69) is 10.3 Å². The van der Waals surface area contributed by atoms with Crippen molar-refractivity contribution in [3.63, 3.8) is 0 Å². The van der Waals surface area contributed by atoms with Gasteiger partial charge in [0.1, 0.15) is 11.3 Å². The third-order valence-electron chi connectivity index (χ3n) is 5.79. The molecule has 3 aromatic rings. The molecule has 1 aromatic heterocycles. The van der Waals surface area contributed by atoms with Crippen molar-refractivity contribution in [1.29, 1.82) is 0 Å². The van der Waals surface area contributed by atoms with Crippen LogP contribution in [-0.4, -0.2) is 41.3 Å². The highest BCUT2D eigenvalue weighted by atomic mass is 16.5. The Morgan fingerprint density at radius 1 is 1.17 bits per heavy atom. The van der Waals surface area contributed by atoms with Gasteiger partial charge in [0.25, 0.3) is 5.91 Å². The monoisotopic (exact) mass is 405 g/mol. The Morgan fingerprint density at radius 3 is 2.63 bits per heavy atom. The number of para-hydroxylation sites is 1. The number of carbonyl (C=O) groups is 3. The number of ether oxygens (including phenoxy) is 1. The lowest BCUT2D eigenvalue weighted by atomic mass is 9.86. The van der Waals surface area contributed by atoms with Crippen molar-refractivity contribution in [2.24, 2.45) is 0 Å². The minimum atomic E-state index is -1.20. The number of ketones is 1. The predicted molar refractivity (Wildman–Crippen MR) is 113 cm³/mol. The minimum Gasteiger partial charge on any atom is -0.496 e. The van der Waals surface area contributed by atoms with Gasteiger partial charge in [0, 0.05) is 22.7 Å². The number of Topliss-reactive ketones (excluding diaryl/α,β-unsaturated/α-hetero) is 1. The molecule has 154 valence electrons. The fourth-order valence-electron chi connectivity index (χ4n) is 4.08. The average molecular weight is 405 g/mol. The van der Waals surface area contributed by atoms with E-state index >= 15 is 0 Å². The molecule has 0 saturated carbocycles. The van der Waals surface area contributed by atoms with Gasteiger partial charge in [0.15, 0.2) is 5.78 Å². The molecule has 1 atom stereocenters. The van der Waals surface area contributed by atoms with Gasteiger partial charge in [-0.3, -0.25) is 14.5 Å². The van der Waals surface area contributed by atoms with Gasteiger partial charge >= 0.3 is 6.03 Å². The number of benzene rings is 2. The van der Waals surface area contributed by atoms with Crippen molar-refractivity contribution in [2.45, 2.75) is 25.8 Å². The molecular weight excluding hydrogens is 382 g/mol. The van der Waals surface area contributed by atoms with Gasteiger partial charge in [-0.25, -0.2) is 4.79 Å². The Morgan fingerprint density at radius 2 is 1.93 bits per heavy atom. The first-order valence-corrected chi connectivity index (χ1v) is 9.80. The molecule has 3 amide bonds. The van der Waals surface area contributed by atoms with E-state index in [-0.39, 0.29) is 12.3 Å². The van der Waals surface area contributed by atoms with Gasteiger partial charge in [0.2, 0.25) is 0 Å². The number of methoxy groups -OCH3 is 1. The van der Waals surface area contributed by atoms with E-state index in [4.69, 9.17) is 4.74 Å². The van der Waals surface area contributed by atoms with E-state index < -0.39 is 17.5 Å². The molecular formula is C23H23N3O4. The van der Waals surface area contributed by atoms with E-state index in [1.54, 1.807) is 25.4 Å². The van der Waals surface area contributed by atoms with Gasteiger partial charge in [-0.15, -0.1) is 0 Å². The topological polar surface area (TPSA) is 91.5 Å². The van der Waals surface area contributed by atoms with Gasteiger partial charge in [-0.05, 0) is 42.7 Å². The van der Waals surface area contributed by atoms with Gasteiger partial charge < -0.3 is 15.0 Å². The number of nitrogens with one attached hydrogen (secondary N) is 2. The molecule has 1 aliphatic rings. The van der Waals surface area contributed by atoms with E-state index in [0.29, 0.717) is 23.3 Å². The van der Waals surface area contributed by atoms with Gasteiger partial charge in [0.05, 0.1) is 13.7 Å². The lowest BCUT2D eigenvalue weighted by Gasteiger charge is -2.26. The van der Waals surface area contributed by atoms with E-state index in [0.717, 1.165) is 21.4 Å². The maximum atomic E-state index is 13.4. The molecule has 0 aliphatic carbocycles. The van der Waals surface area contributed by atoms with Crippen LogP contribution in [-0.2, 0) is 10.3 Å². The van der Waals surface area contributed by atoms with E-state index in [1.165, 1.54) is 0 Å². The van der Waals surface area contributed by atoms with Crippen molar-refractivity contribution < 1.29 is 19.1 Å². The first-order valence-electron chi connectivity index (χ1n) is 9.80. The summed E-state index contributed by atoms with van der Waals surface area (Å²) in [6.45, 7) is 3.40. The molecule has 2 heterocycles. The van der Waals surface area contributed by atoms with Gasteiger partial charge in [-0.1, -0.05) is 31.2 Å². The number of carbonyl (C=O) groups excluding carboxylic acids is 3. The Labute approximate surface area is 174 Å². The number of nitrogens with zero attached hydrogens (tertiary/aromatic N) is 1. The standard InChI is InChI=1S/C23H23N3O4/c1-4-23(15-9-10-20(30-3)14(2)11-15)21(28)26(22(29)25-23)13-19(27)17-12-24-18-8-6-5-7-16(17)18/h5-12,24H,4,13H2,1-3H3,(H,25,29). The molecule has 0 spiro atoms. The fraction of sp³-hybridized carbons (Fsp3) is 0.261.